The number of hydrogen-bond donors (Lipinski definition) is 2. The van der Waals surface area contributed by atoms with Crippen LogP contribution in [0.25, 0.3) is 10.2 Å². The van der Waals surface area contributed by atoms with Crippen LogP contribution in [-0.4, -0.2) is 20.2 Å². The predicted molar refractivity (Wildman–Crippen MR) is 77.8 cm³/mol. The Bertz CT molecular complexity index is 733. The Labute approximate surface area is 119 Å². The largest absolute Gasteiger partial charge is 0.365 e. The molecule has 7 heteroatoms. The molecule has 3 heterocycles. The summed E-state index contributed by atoms with van der Waals surface area (Å²) >= 11 is 7.56. The molecule has 0 bridgehead atoms. The molecule has 0 aliphatic heterocycles. The second-order valence-corrected chi connectivity index (χ2v) is 5.86. The number of aryl methyl sites for hydroxylation is 2. The van der Waals surface area contributed by atoms with Gasteiger partial charge in [0.2, 0.25) is 5.28 Å². The highest BCUT2D eigenvalue weighted by atomic mass is 35.5. The van der Waals surface area contributed by atoms with Gasteiger partial charge in [0.15, 0.2) is 0 Å². The zero-order valence-corrected chi connectivity index (χ0v) is 12.1. The molecular weight excluding hydrogens is 282 g/mol. The molecule has 0 saturated carbocycles. The highest BCUT2D eigenvalue weighted by Crippen LogP contribution is 2.29. The number of anilines is 1. The first-order chi connectivity index (χ1) is 9.13. The van der Waals surface area contributed by atoms with E-state index in [1.165, 1.54) is 4.88 Å². The predicted octanol–water partition coefficient (Wildman–Crippen LogP) is 3.30. The first-order valence-electron chi connectivity index (χ1n) is 5.80. The highest BCUT2D eigenvalue weighted by molar-refractivity contribution is 7.18. The van der Waals surface area contributed by atoms with Gasteiger partial charge in [0.05, 0.1) is 11.6 Å². The first-order valence-corrected chi connectivity index (χ1v) is 6.99. The maximum Gasteiger partial charge on any atom is 0.225 e. The third-order valence-corrected chi connectivity index (χ3v) is 3.98. The molecule has 19 heavy (non-hydrogen) atoms. The molecule has 98 valence electrons. The maximum absolute atomic E-state index is 5.95. The van der Waals surface area contributed by atoms with E-state index >= 15 is 0 Å². The average molecular weight is 294 g/mol. The molecule has 0 amide bonds. The quantitative estimate of drug-likeness (QED) is 0.727. The van der Waals surface area contributed by atoms with Crippen LogP contribution in [0.4, 0.5) is 5.82 Å². The summed E-state index contributed by atoms with van der Waals surface area (Å²) in [6.45, 7) is 4.69. The van der Waals surface area contributed by atoms with Gasteiger partial charge in [0.1, 0.15) is 10.6 Å². The van der Waals surface area contributed by atoms with E-state index in [9.17, 15) is 0 Å². The van der Waals surface area contributed by atoms with E-state index < -0.39 is 0 Å². The van der Waals surface area contributed by atoms with Gasteiger partial charge in [0, 0.05) is 22.7 Å². The minimum atomic E-state index is 0.265. The van der Waals surface area contributed by atoms with E-state index in [1.807, 2.05) is 13.8 Å². The van der Waals surface area contributed by atoms with E-state index in [1.54, 1.807) is 17.5 Å². The van der Waals surface area contributed by atoms with Gasteiger partial charge in [-0.25, -0.2) is 9.97 Å². The molecule has 0 saturated heterocycles. The number of nitrogens with one attached hydrogen (secondary N) is 2. The standard InChI is InChI=1S/C12H12ClN5S/c1-6-3-9-10(16-12(13)17-11(9)19-6)14-4-8-5-15-18-7(8)2/h3,5H,4H2,1-2H3,(H,15,18)(H,14,16,17). The number of aromatic amines is 1. The van der Waals surface area contributed by atoms with Gasteiger partial charge in [-0.1, -0.05) is 0 Å². The van der Waals surface area contributed by atoms with Crippen LogP contribution in [0, 0.1) is 13.8 Å². The van der Waals surface area contributed by atoms with Crippen molar-refractivity contribution in [1.29, 1.82) is 0 Å². The number of fused-ring (bicyclic) bond motifs is 1. The fourth-order valence-corrected chi connectivity index (χ4v) is 2.98. The second kappa shape index (κ2) is 4.79. The van der Waals surface area contributed by atoms with Crippen LogP contribution in [0.15, 0.2) is 12.3 Å². The van der Waals surface area contributed by atoms with Crippen molar-refractivity contribution in [3.63, 3.8) is 0 Å². The van der Waals surface area contributed by atoms with Crippen LogP contribution < -0.4 is 5.32 Å². The molecule has 0 aromatic carbocycles. The second-order valence-electron chi connectivity index (χ2n) is 4.29. The lowest BCUT2D eigenvalue weighted by molar-refractivity contribution is 1.04. The van der Waals surface area contributed by atoms with Crippen LogP contribution in [0.3, 0.4) is 0 Å². The fourth-order valence-electron chi connectivity index (χ4n) is 1.88. The Balaban J connectivity index is 1.94. The lowest BCUT2D eigenvalue weighted by Crippen LogP contribution is -2.03. The lowest BCUT2D eigenvalue weighted by atomic mass is 10.2. The summed E-state index contributed by atoms with van der Waals surface area (Å²) < 4.78 is 0. The smallest absolute Gasteiger partial charge is 0.225 e. The zero-order chi connectivity index (χ0) is 13.4. The number of nitrogens with zero attached hydrogens (tertiary/aromatic N) is 3. The maximum atomic E-state index is 5.95. The fraction of sp³-hybridized carbons (Fsp3) is 0.250. The van der Waals surface area contributed by atoms with E-state index in [4.69, 9.17) is 11.6 Å². The summed E-state index contributed by atoms with van der Waals surface area (Å²) in [4.78, 5) is 10.6. The Morgan fingerprint density at radius 2 is 2.21 bits per heavy atom. The summed E-state index contributed by atoms with van der Waals surface area (Å²) in [7, 11) is 0. The van der Waals surface area contributed by atoms with Gasteiger partial charge in [-0.3, -0.25) is 5.10 Å². The molecule has 0 radical (unpaired) electrons. The number of H-pyrrole nitrogens is 1. The van der Waals surface area contributed by atoms with Crippen molar-refractivity contribution in [3.05, 3.63) is 33.7 Å². The van der Waals surface area contributed by atoms with Gasteiger partial charge >= 0.3 is 0 Å². The van der Waals surface area contributed by atoms with Gasteiger partial charge in [-0.15, -0.1) is 11.3 Å². The molecule has 3 aromatic heterocycles. The monoisotopic (exact) mass is 293 g/mol. The topological polar surface area (TPSA) is 66.5 Å². The Morgan fingerprint density at radius 1 is 1.37 bits per heavy atom. The lowest BCUT2D eigenvalue weighted by Gasteiger charge is -2.06. The third-order valence-electron chi connectivity index (χ3n) is 2.87. The molecule has 0 spiro atoms. The minimum Gasteiger partial charge on any atom is -0.365 e. The van der Waals surface area contributed by atoms with Gasteiger partial charge in [-0.2, -0.15) is 5.10 Å². The van der Waals surface area contributed by atoms with Gasteiger partial charge in [-0.05, 0) is 31.5 Å². The van der Waals surface area contributed by atoms with Crippen LogP contribution in [-0.2, 0) is 6.54 Å². The van der Waals surface area contributed by atoms with Crippen LogP contribution in [0.2, 0.25) is 5.28 Å². The van der Waals surface area contributed by atoms with Crippen LogP contribution in [0.1, 0.15) is 16.1 Å². The number of hydrogen-bond acceptors (Lipinski definition) is 5. The highest BCUT2D eigenvalue weighted by Gasteiger charge is 2.10. The number of rotatable bonds is 3. The molecule has 0 atom stereocenters. The molecule has 0 unspecified atom stereocenters. The van der Waals surface area contributed by atoms with Crippen molar-refractivity contribution in [2.45, 2.75) is 20.4 Å². The van der Waals surface area contributed by atoms with Crippen molar-refractivity contribution < 1.29 is 0 Å². The first kappa shape index (κ1) is 12.4. The van der Waals surface area contributed by atoms with E-state index in [0.29, 0.717) is 6.54 Å². The van der Waals surface area contributed by atoms with Crippen LogP contribution in [0.5, 0.6) is 0 Å². The number of halogens is 1. The van der Waals surface area contributed by atoms with Crippen molar-refractivity contribution in [3.8, 4) is 0 Å². The Hall–Kier alpha value is -1.66. The normalized spacial score (nSPS) is 11.1. The molecule has 0 aliphatic rings. The molecule has 2 N–H and O–H groups in total. The third kappa shape index (κ3) is 2.41. The van der Waals surface area contributed by atoms with E-state index in [-0.39, 0.29) is 5.28 Å². The molecule has 3 aromatic rings. The minimum absolute atomic E-state index is 0.265. The Morgan fingerprint density at radius 3 is 2.95 bits per heavy atom. The van der Waals surface area contributed by atoms with Crippen LogP contribution >= 0.6 is 22.9 Å². The summed E-state index contributed by atoms with van der Waals surface area (Å²) in [5.41, 5.74) is 2.15. The van der Waals surface area contributed by atoms with Crippen molar-refractivity contribution >= 4 is 39.0 Å². The molecule has 0 fully saturated rings. The molecule has 5 nitrogen and oxygen atoms in total. The summed E-state index contributed by atoms with van der Waals surface area (Å²) in [6.07, 6.45) is 1.81. The summed E-state index contributed by atoms with van der Waals surface area (Å²) in [5, 5.41) is 11.5. The van der Waals surface area contributed by atoms with Crippen molar-refractivity contribution in [2.24, 2.45) is 0 Å². The molecule has 0 aliphatic carbocycles. The van der Waals surface area contributed by atoms with E-state index in [2.05, 4.69) is 31.5 Å². The zero-order valence-electron chi connectivity index (χ0n) is 10.5. The number of aromatic nitrogens is 4. The van der Waals surface area contributed by atoms with Gasteiger partial charge < -0.3 is 5.32 Å². The van der Waals surface area contributed by atoms with Crippen molar-refractivity contribution in [2.75, 3.05) is 5.32 Å². The molecular formula is C12H12ClN5S. The Kier molecular flexibility index (Phi) is 3.12. The van der Waals surface area contributed by atoms with Gasteiger partial charge in [0.25, 0.3) is 0 Å². The SMILES string of the molecule is Cc1cc2c(NCc3cn[nH]c3C)nc(Cl)nc2s1. The number of thiophene rings is 1. The van der Waals surface area contributed by atoms with Crippen molar-refractivity contribution in [1.82, 2.24) is 20.2 Å². The summed E-state index contributed by atoms with van der Waals surface area (Å²) in [5.74, 6) is 0.764. The average Bonchev–Trinajstić information content (AvgIpc) is 2.91. The summed E-state index contributed by atoms with van der Waals surface area (Å²) in [6, 6.07) is 2.07. The molecule has 3 rings (SSSR count). The van der Waals surface area contributed by atoms with E-state index in [0.717, 1.165) is 27.3 Å².